The summed E-state index contributed by atoms with van der Waals surface area (Å²) in [6.45, 7) is 10.3. The molecule has 1 N–H and O–H groups in total. The first kappa shape index (κ1) is 18.2. The molecule has 1 unspecified atom stereocenters. The van der Waals surface area contributed by atoms with Gasteiger partial charge < -0.3 is 15.0 Å². The van der Waals surface area contributed by atoms with Crippen molar-refractivity contribution >= 4 is 22.4 Å². The van der Waals surface area contributed by atoms with Crippen LogP contribution in [0.15, 0.2) is 11.6 Å². The Morgan fingerprint density at radius 1 is 1.48 bits per heavy atom. The number of likely N-dealkylation sites (tertiary alicyclic amines) is 1. The lowest BCUT2D eigenvalue weighted by Crippen LogP contribution is -2.40. The number of aromatic nitrogens is 2. The lowest BCUT2D eigenvalue weighted by molar-refractivity contribution is 0.0220. The molecule has 1 aliphatic rings. The predicted octanol–water partition coefficient (Wildman–Crippen LogP) is 3.58. The molecule has 1 fully saturated rings. The molecular formula is C18H28N4O2S. The van der Waals surface area contributed by atoms with Crippen molar-refractivity contribution in [1.82, 2.24) is 19.6 Å². The molecule has 0 spiro atoms. The molecule has 2 aromatic heterocycles. The van der Waals surface area contributed by atoms with Crippen LogP contribution in [0.2, 0.25) is 0 Å². The van der Waals surface area contributed by atoms with Crippen LogP contribution in [-0.4, -0.2) is 45.1 Å². The van der Waals surface area contributed by atoms with E-state index in [4.69, 9.17) is 4.74 Å². The first-order chi connectivity index (χ1) is 11.8. The van der Waals surface area contributed by atoms with Crippen molar-refractivity contribution < 1.29 is 9.53 Å². The summed E-state index contributed by atoms with van der Waals surface area (Å²) in [6.07, 6.45) is 4.95. The summed E-state index contributed by atoms with van der Waals surface area (Å²) in [6, 6.07) is 0.273. The fourth-order valence-corrected chi connectivity index (χ4v) is 4.10. The van der Waals surface area contributed by atoms with Crippen molar-refractivity contribution in [3.63, 3.8) is 0 Å². The number of carbonyl (C=O) groups excluding carboxylic acids is 1. The fourth-order valence-electron chi connectivity index (χ4n) is 3.33. The van der Waals surface area contributed by atoms with Crippen LogP contribution in [0, 0.1) is 6.92 Å². The van der Waals surface area contributed by atoms with Gasteiger partial charge in [-0.3, -0.25) is 4.40 Å². The third kappa shape index (κ3) is 4.33. The maximum absolute atomic E-state index is 12.3. The summed E-state index contributed by atoms with van der Waals surface area (Å²) in [7, 11) is 0. The molecule has 0 radical (unpaired) electrons. The molecular weight excluding hydrogens is 336 g/mol. The number of ether oxygens (including phenoxy) is 1. The zero-order valence-corrected chi connectivity index (χ0v) is 16.4. The smallest absolute Gasteiger partial charge is 0.410 e. The molecule has 7 heteroatoms. The maximum atomic E-state index is 12.3. The number of fused-ring (bicyclic) bond motifs is 1. The van der Waals surface area contributed by atoms with Gasteiger partial charge in [0.2, 0.25) is 0 Å². The Labute approximate surface area is 153 Å². The number of rotatable bonds is 5. The van der Waals surface area contributed by atoms with Gasteiger partial charge in [-0.2, -0.15) is 0 Å². The van der Waals surface area contributed by atoms with Crippen LogP contribution < -0.4 is 5.32 Å². The third-order valence-corrected chi connectivity index (χ3v) is 5.27. The normalized spacial score (nSPS) is 18.2. The summed E-state index contributed by atoms with van der Waals surface area (Å²) in [4.78, 5) is 19.8. The minimum atomic E-state index is -0.437. The first-order valence-corrected chi connectivity index (χ1v) is 9.84. The summed E-state index contributed by atoms with van der Waals surface area (Å²) in [5.74, 6) is 0. The van der Waals surface area contributed by atoms with E-state index in [0.717, 1.165) is 49.6 Å². The highest BCUT2D eigenvalue weighted by molar-refractivity contribution is 7.15. The van der Waals surface area contributed by atoms with Crippen LogP contribution in [0.3, 0.4) is 0 Å². The Bertz CT molecular complexity index is 731. The van der Waals surface area contributed by atoms with Gasteiger partial charge in [0.05, 0.1) is 11.4 Å². The predicted molar refractivity (Wildman–Crippen MR) is 100 cm³/mol. The quantitative estimate of drug-likeness (QED) is 0.824. The van der Waals surface area contributed by atoms with Gasteiger partial charge in [-0.15, -0.1) is 11.3 Å². The zero-order chi connectivity index (χ0) is 18.0. The number of aryl methyl sites for hydroxylation is 1. The van der Waals surface area contributed by atoms with E-state index in [9.17, 15) is 4.79 Å². The molecule has 1 amide bonds. The molecule has 2 aromatic rings. The van der Waals surface area contributed by atoms with Gasteiger partial charge in [-0.05, 0) is 53.5 Å². The Kier molecular flexibility index (Phi) is 5.34. The number of carbonyl (C=O) groups is 1. The minimum Gasteiger partial charge on any atom is -0.444 e. The van der Waals surface area contributed by atoms with E-state index in [2.05, 4.69) is 33.2 Å². The highest BCUT2D eigenvalue weighted by Crippen LogP contribution is 2.23. The summed E-state index contributed by atoms with van der Waals surface area (Å²) in [5, 5.41) is 5.57. The number of thiazole rings is 1. The second-order valence-corrected chi connectivity index (χ2v) is 8.51. The Balaban J connectivity index is 1.49. The second kappa shape index (κ2) is 7.33. The summed E-state index contributed by atoms with van der Waals surface area (Å²) >= 11 is 1.66. The molecule has 3 heterocycles. The highest BCUT2D eigenvalue weighted by Gasteiger charge is 2.31. The van der Waals surface area contributed by atoms with Crippen molar-refractivity contribution in [1.29, 1.82) is 0 Å². The number of hydrogen-bond donors (Lipinski definition) is 1. The van der Waals surface area contributed by atoms with Gasteiger partial charge in [-0.25, -0.2) is 9.78 Å². The molecule has 3 rings (SSSR count). The van der Waals surface area contributed by atoms with Gasteiger partial charge in [0.1, 0.15) is 5.60 Å². The Morgan fingerprint density at radius 3 is 3.04 bits per heavy atom. The molecule has 6 nitrogen and oxygen atoms in total. The molecule has 1 aliphatic heterocycles. The van der Waals surface area contributed by atoms with E-state index in [0.29, 0.717) is 0 Å². The number of amides is 1. The Morgan fingerprint density at radius 2 is 2.28 bits per heavy atom. The van der Waals surface area contributed by atoms with E-state index in [-0.39, 0.29) is 12.1 Å². The number of nitrogens with one attached hydrogen (secondary N) is 1. The number of nitrogens with zero attached hydrogens (tertiary/aromatic N) is 3. The van der Waals surface area contributed by atoms with Gasteiger partial charge >= 0.3 is 6.09 Å². The molecule has 0 bridgehead atoms. The SMILES string of the molecule is Cc1nc2sccn2c1CNCCC1CCCN1C(=O)OC(C)(C)C. The summed E-state index contributed by atoms with van der Waals surface area (Å²) < 4.78 is 7.68. The van der Waals surface area contributed by atoms with Gasteiger partial charge in [0, 0.05) is 30.7 Å². The average Bonchev–Trinajstić information content (AvgIpc) is 3.19. The van der Waals surface area contributed by atoms with Crippen molar-refractivity contribution in [2.45, 2.75) is 65.1 Å². The Hall–Kier alpha value is -1.60. The lowest BCUT2D eigenvalue weighted by atomic mass is 10.1. The molecule has 25 heavy (non-hydrogen) atoms. The van der Waals surface area contributed by atoms with Crippen molar-refractivity contribution in [3.05, 3.63) is 23.0 Å². The largest absolute Gasteiger partial charge is 0.444 e. The van der Waals surface area contributed by atoms with Gasteiger partial charge in [0.25, 0.3) is 0 Å². The standard InChI is InChI=1S/C18H28N4O2S/c1-13-15(22-10-11-25-16(22)20-13)12-19-8-7-14-6-5-9-21(14)17(23)24-18(2,3)4/h10-11,14,19H,5-9,12H2,1-4H3. The number of hydrogen-bond acceptors (Lipinski definition) is 5. The van der Waals surface area contributed by atoms with Crippen molar-refractivity contribution in [2.24, 2.45) is 0 Å². The van der Waals surface area contributed by atoms with E-state index >= 15 is 0 Å². The van der Waals surface area contributed by atoms with Gasteiger partial charge in [0.15, 0.2) is 4.96 Å². The average molecular weight is 365 g/mol. The first-order valence-electron chi connectivity index (χ1n) is 8.96. The zero-order valence-electron chi connectivity index (χ0n) is 15.5. The topological polar surface area (TPSA) is 58.9 Å². The van der Waals surface area contributed by atoms with E-state index in [1.54, 1.807) is 11.3 Å². The third-order valence-electron chi connectivity index (χ3n) is 4.51. The van der Waals surface area contributed by atoms with Crippen LogP contribution in [0.4, 0.5) is 4.79 Å². The fraction of sp³-hybridized carbons (Fsp3) is 0.667. The van der Waals surface area contributed by atoms with Gasteiger partial charge in [-0.1, -0.05) is 0 Å². The van der Waals surface area contributed by atoms with E-state index < -0.39 is 5.60 Å². The van der Waals surface area contributed by atoms with Crippen LogP contribution in [0.25, 0.3) is 4.96 Å². The molecule has 0 aliphatic carbocycles. The highest BCUT2D eigenvalue weighted by atomic mass is 32.1. The van der Waals surface area contributed by atoms with E-state index in [1.807, 2.05) is 25.7 Å². The van der Waals surface area contributed by atoms with Crippen LogP contribution >= 0.6 is 11.3 Å². The van der Waals surface area contributed by atoms with Crippen LogP contribution in [-0.2, 0) is 11.3 Å². The molecule has 1 atom stereocenters. The monoisotopic (exact) mass is 364 g/mol. The van der Waals surface area contributed by atoms with Crippen molar-refractivity contribution in [2.75, 3.05) is 13.1 Å². The maximum Gasteiger partial charge on any atom is 0.410 e. The molecule has 0 saturated carbocycles. The second-order valence-electron chi connectivity index (χ2n) is 7.63. The van der Waals surface area contributed by atoms with Crippen LogP contribution in [0.1, 0.15) is 51.4 Å². The molecule has 138 valence electrons. The molecule has 1 saturated heterocycles. The van der Waals surface area contributed by atoms with E-state index in [1.165, 1.54) is 5.69 Å². The van der Waals surface area contributed by atoms with Crippen LogP contribution in [0.5, 0.6) is 0 Å². The number of imidazole rings is 1. The minimum absolute atomic E-state index is 0.179. The lowest BCUT2D eigenvalue weighted by Gasteiger charge is -2.28. The molecule has 0 aromatic carbocycles. The van der Waals surface area contributed by atoms with Crippen molar-refractivity contribution in [3.8, 4) is 0 Å². The summed E-state index contributed by atoms with van der Waals surface area (Å²) in [5.41, 5.74) is 1.86.